The van der Waals surface area contributed by atoms with Crippen molar-refractivity contribution in [1.29, 1.82) is 0 Å². The summed E-state index contributed by atoms with van der Waals surface area (Å²) in [6, 6.07) is 8.76. The third kappa shape index (κ3) is 3.75. The number of rotatable bonds is 5. The molecule has 2 heterocycles. The largest absolute Gasteiger partial charge is 0.325 e. The molecular weight excluding hydrogens is 369 g/mol. The number of amides is 1. The number of aromatic nitrogens is 4. The lowest BCUT2D eigenvalue weighted by Crippen LogP contribution is -2.15. The Balaban J connectivity index is 1.66. The van der Waals surface area contributed by atoms with Gasteiger partial charge in [-0.2, -0.15) is 0 Å². The second-order valence-corrected chi connectivity index (χ2v) is 6.63. The van der Waals surface area contributed by atoms with E-state index in [0.29, 0.717) is 20.9 Å². The monoisotopic (exact) mass is 381 g/mol. The number of hydrogen-bond acceptors (Lipinski definition) is 4. The average Bonchev–Trinajstić information content (AvgIpc) is 3.18. The third-order valence-electron chi connectivity index (χ3n) is 3.12. The summed E-state index contributed by atoms with van der Waals surface area (Å²) >= 11 is 13.1. The molecule has 0 fully saturated rings. The van der Waals surface area contributed by atoms with Gasteiger partial charge in [0.15, 0.2) is 5.82 Å². The highest BCUT2D eigenvalue weighted by molar-refractivity contribution is 7.99. The summed E-state index contributed by atoms with van der Waals surface area (Å²) in [7, 11) is 0. The molecule has 0 aliphatic heterocycles. The zero-order chi connectivity index (χ0) is 17.1. The zero-order valence-electron chi connectivity index (χ0n) is 12.6. The van der Waals surface area contributed by atoms with Crippen molar-refractivity contribution in [2.75, 3.05) is 11.1 Å². The van der Waals surface area contributed by atoms with Crippen molar-refractivity contribution in [3.8, 4) is 0 Å². The minimum atomic E-state index is -0.168. The SMILES string of the molecule is Cc1nnc(SCC(=O)Nc2ccc(Cl)c(Cl)c2)n1-n1cccc1. The fraction of sp³-hybridized carbons (Fsp3) is 0.133. The predicted octanol–water partition coefficient (Wildman–Crippen LogP) is 3.74. The number of carbonyl (C=O) groups excluding carboxylic acids is 1. The number of nitrogens with zero attached hydrogens (tertiary/aromatic N) is 4. The normalized spacial score (nSPS) is 10.8. The molecule has 2 aromatic heterocycles. The van der Waals surface area contributed by atoms with Crippen LogP contribution in [-0.2, 0) is 4.79 Å². The minimum Gasteiger partial charge on any atom is -0.325 e. The summed E-state index contributed by atoms with van der Waals surface area (Å²) in [5, 5.41) is 12.4. The maximum absolute atomic E-state index is 12.1. The van der Waals surface area contributed by atoms with E-state index >= 15 is 0 Å². The van der Waals surface area contributed by atoms with Crippen LogP contribution in [0.25, 0.3) is 0 Å². The average molecular weight is 382 g/mol. The smallest absolute Gasteiger partial charge is 0.234 e. The van der Waals surface area contributed by atoms with Gasteiger partial charge in [0.05, 0.1) is 15.8 Å². The molecule has 1 amide bonds. The van der Waals surface area contributed by atoms with Crippen molar-refractivity contribution in [2.24, 2.45) is 0 Å². The van der Waals surface area contributed by atoms with Crippen LogP contribution in [0.3, 0.4) is 0 Å². The lowest BCUT2D eigenvalue weighted by atomic mass is 10.3. The first-order chi connectivity index (χ1) is 11.5. The quantitative estimate of drug-likeness (QED) is 0.683. The number of hydrogen-bond donors (Lipinski definition) is 1. The summed E-state index contributed by atoms with van der Waals surface area (Å²) in [6.07, 6.45) is 3.77. The number of benzene rings is 1. The summed E-state index contributed by atoms with van der Waals surface area (Å²) in [5.41, 5.74) is 0.595. The second-order valence-electron chi connectivity index (χ2n) is 4.87. The minimum absolute atomic E-state index is 0.168. The lowest BCUT2D eigenvalue weighted by Gasteiger charge is -2.09. The molecule has 24 heavy (non-hydrogen) atoms. The number of carbonyl (C=O) groups is 1. The molecule has 0 saturated heterocycles. The summed E-state index contributed by atoms with van der Waals surface area (Å²) in [5.74, 6) is 0.760. The van der Waals surface area contributed by atoms with Gasteiger partial charge in [0.2, 0.25) is 11.1 Å². The van der Waals surface area contributed by atoms with Gasteiger partial charge < -0.3 is 5.32 Å². The molecule has 6 nitrogen and oxygen atoms in total. The van der Waals surface area contributed by atoms with Crippen LogP contribution in [-0.4, -0.2) is 31.2 Å². The first-order valence-electron chi connectivity index (χ1n) is 6.98. The molecule has 0 aliphatic carbocycles. The first kappa shape index (κ1) is 16.9. The van der Waals surface area contributed by atoms with Crippen molar-refractivity contribution >= 4 is 46.6 Å². The van der Waals surface area contributed by atoms with Crippen LogP contribution in [0.5, 0.6) is 0 Å². The Morgan fingerprint density at radius 2 is 1.96 bits per heavy atom. The maximum Gasteiger partial charge on any atom is 0.234 e. The van der Waals surface area contributed by atoms with E-state index in [1.807, 2.05) is 40.8 Å². The number of thioether (sulfide) groups is 1. The molecule has 0 aliphatic rings. The molecule has 3 aromatic rings. The van der Waals surface area contributed by atoms with Crippen LogP contribution >= 0.6 is 35.0 Å². The summed E-state index contributed by atoms with van der Waals surface area (Å²) in [4.78, 5) is 12.1. The van der Waals surface area contributed by atoms with Crippen LogP contribution in [0.1, 0.15) is 5.82 Å². The molecule has 1 N–H and O–H groups in total. The first-order valence-corrected chi connectivity index (χ1v) is 8.72. The van der Waals surface area contributed by atoms with Gasteiger partial charge >= 0.3 is 0 Å². The van der Waals surface area contributed by atoms with E-state index in [9.17, 15) is 4.79 Å². The molecule has 9 heteroatoms. The maximum atomic E-state index is 12.1. The topological polar surface area (TPSA) is 64.7 Å². The molecule has 0 atom stereocenters. The molecule has 124 valence electrons. The molecule has 3 rings (SSSR count). The number of nitrogens with one attached hydrogen (secondary N) is 1. The molecule has 0 spiro atoms. The van der Waals surface area contributed by atoms with Gasteiger partial charge in [0, 0.05) is 18.1 Å². The van der Waals surface area contributed by atoms with E-state index in [4.69, 9.17) is 23.2 Å². The van der Waals surface area contributed by atoms with Crippen molar-refractivity contribution in [3.63, 3.8) is 0 Å². The van der Waals surface area contributed by atoms with Crippen molar-refractivity contribution < 1.29 is 4.79 Å². The molecule has 0 unspecified atom stereocenters. The standard InChI is InChI=1S/C15H13Cl2N5OS/c1-10-19-20-15(22(10)21-6-2-3-7-21)24-9-14(23)18-11-4-5-12(16)13(17)8-11/h2-8H,9H2,1H3,(H,18,23). The van der Waals surface area contributed by atoms with Crippen molar-refractivity contribution in [2.45, 2.75) is 12.1 Å². The van der Waals surface area contributed by atoms with Gasteiger partial charge in [-0.05, 0) is 37.3 Å². The summed E-state index contributed by atoms with van der Waals surface area (Å²) in [6.45, 7) is 1.85. The Morgan fingerprint density at radius 1 is 1.21 bits per heavy atom. The highest BCUT2D eigenvalue weighted by Crippen LogP contribution is 2.25. The number of anilines is 1. The highest BCUT2D eigenvalue weighted by Gasteiger charge is 2.13. The Bertz CT molecular complexity index is 863. The Morgan fingerprint density at radius 3 is 2.67 bits per heavy atom. The zero-order valence-corrected chi connectivity index (χ0v) is 14.9. The van der Waals surface area contributed by atoms with Crippen LogP contribution in [0.15, 0.2) is 47.9 Å². The van der Waals surface area contributed by atoms with Crippen molar-refractivity contribution in [1.82, 2.24) is 19.5 Å². The van der Waals surface area contributed by atoms with E-state index in [2.05, 4.69) is 15.5 Å². The fourth-order valence-corrected chi connectivity index (χ4v) is 3.13. The van der Waals surface area contributed by atoms with E-state index < -0.39 is 0 Å². The third-order valence-corrected chi connectivity index (χ3v) is 4.78. The molecular formula is C15H13Cl2N5OS. The second kappa shape index (κ2) is 7.29. The van der Waals surface area contributed by atoms with Gasteiger partial charge in [-0.1, -0.05) is 35.0 Å². The van der Waals surface area contributed by atoms with Crippen molar-refractivity contribution in [3.05, 3.63) is 58.6 Å². The van der Waals surface area contributed by atoms with Crippen LogP contribution in [0.2, 0.25) is 10.0 Å². The van der Waals surface area contributed by atoms with Crippen LogP contribution in [0.4, 0.5) is 5.69 Å². The van der Waals surface area contributed by atoms with Gasteiger partial charge in [-0.15, -0.1) is 10.2 Å². The van der Waals surface area contributed by atoms with E-state index in [1.165, 1.54) is 11.8 Å². The van der Waals surface area contributed by atoms with Crippen LogP contribution in [0, 0.1) is 6.92 Å². The van der Waals surface area contributed by atoms with Crippen LogP contribution < -0.4 is 5.32 Å². The number of aryl methyl sites for hydroxylation is 1. The molecule has 0 radical (unpaired) electrons. The van der Waals surface area contributed by atoms with Gasteiger partial charge in [0.1, 0.15) is 0 Å². The van der Waals surface area contributed by atoms with E-state index in [0.717, 1.165) is 5.82 Å². The van der Waals surface area contributed by atoms with Gasteiger partial charge in [0.25, 0.3) is 0 Å². The Labute approximate surface area is 152 Å². The van der Waals surface area contributed by atoms with E-state index in [-0.39, 0.29) is 11.7 Å². The molecule has 0 saturated carbocycles. The Hall–Kier alpha value is -1.96. The van der Waals surface area contributed by atoms with Gasteiger partial charge in [-0.3, -0.25) is 9.47 Å². The molecule has 1 aromatic carbocycles. The highest BCUT2D eigenvalue weighted by atomic mass is 35.5. The van der Waals surface area contributed by atoms with Gasteiger partial charge in [-0.25, -0.2) is 4.68 Å². The Kier molecular flexibility index (Phi) is 5.13. The summed E-state index contributed by atoms with van der Waals surface area (Å²) < 4.78 is 3.69. The molecule has 0 bridgehead atoms. The fourth-order valence-electron chi connectivity index (χ4n) is 2.05. The lowest BCUT2D eigenvalue weighted by molar-refractivity contribution is -0.113. The number of halogens is 2. The predicted molar refractivity (Wildman–Crippen MR) is 95.8 cm³/mol. The van der Waals surface area contributed by atoms with E-state index in [1.54, 1.807) is 18.2 Å².